The Kier molecular flexibility index (Phi) is 28.4. The zero-order chi connectivity index (χ0) is 66.9. The maximum atomic E-state index is 14.1. The number of fused-ring (bicyclic) bond motifs is 5. The Morgan fingerprint density at radius 1 is 0.268 bits per heavy atom. The topological polar surface area (TPSA) is 26.3 Å². The number of hydrogen-bond acceptors (Lipinski definition) is 2. The van der Waals surface area contributed by atoms with Crippen LogP contribution >= 0.6 is 0 Å². The molecule has 97 heavy (non-hydrogen) atoms. The quantitative estimate of drug-likeness (QED) is 0.0246. The first-order chi connectivity index (χ1) is 48.0. The van der Waals surface area contributed by atoms with Gasteiger partial charge in [0, 0.05) is 56.5 Å². The van der Waals surface area contributed by atoms with Gasteiger partial charge in [-0.2, -0.15) is 0 Å². The Labute approximate surface area is 582 Å². The molecule has 10 rings (SSSR count). The Morgan fingerprint density at radius 2 is 0.495 bits per heavy atom. The Hall–Kier alpha value is -9.23. The lowest BCUT2D eigenvalue weighted by Gasteiger charge is -2.18. The highest BCUT2D eigenvalue weighted by Gasteiger charge is 2.18. The number of ether oxygens (including phenoxy) is 1. The molecule has 492 valence electrons. The average molecular weight is 1270 g/mol. The van der Waals surface area contributed by atoms with Crippen LogP contribution in [0.25, 0.3) is 53.9 Å². The summed E-state index contributed by atoms with van der Waals surface area (Å²) in [5.74, 6) is 35.5. The summed E-state index contributed by atoms with van der Waals surface area (Å²) in [5.41, 5.74) is 9.19. The van der Waals surface area contributed by atoms with Crippen LogP contribution in [0.15, 0.2) is 182 Å². The molecule has 10 aromatic carbocycles. The van der Waals surface area contributed by atoms with E-state index in [1.807, 2.05) is 30.3 Å². The van der Waals surface area contributed by atoms with Gasteiger partial charge in [-0.1, -0.05) is 362 Å². The first kappa shape index (κ1) is 70.6. The van der Waals surface area contributed by atoms with Gasteiger partial charge in [-0.3, -0.25) is 0 Å². The van der Waals surface area contributed by atoms with Crippen LogP contribution in [0, 0.1) is 65.1 Å². The fraction of sp³-hybridized carbons (Fsp3) is 0.358. The molecule has 1 unspecified atom stereocenters. The van der Waals surface area contributed by atoms with Gasteiger partial charge in [-0.25, -0.2) is 4.79 Å². The van der Waals surface area contributed by atoms with Gasteiger partial charge >= 0.3 is 5.97 Å². The fourth-order valence-corrected chi connectivity index (χ4v) is 13.8. The molecule has 0 N–H and O–H groups in total. The molecule has 1 atom stereocenters. The molecule has 2 nitrogen and oxygen atoms in total. The van der Waals surface area contributed by atoms with Crippen LogP contribution in [0.3, 0.4) is 0 Å². The van der Waals surface area contributed by atoms with E-state index in [1.165, 1.54) is 161 Å². The fourth-order valence-electron chi connectivity index (χ4n) is 13.8. The Bertz CT molecular complexity index is 4570. The van der Waals surface area contributed by atoms with E-state index in [9.17, 15) is 4.79 Å². The molecule has 0 amide bonds. The zero-order valence-electron chi connectivity index (χ0n) is 58.4. The SMILES string of the molecule is CCCCCCCCCCC#Cc1ccc(C#Cc2ccc(C#Cc3ccc(C#Cc4ccc(C#Cc5ccc(C(=O)OCC(CCCCCCCCCC)CCCCCCCCCCCC)c6ccccc56)c5ccccc45)c4ccccc34)c3ccccc23)c2ccccc12. The van der Waals surface area contributed by atoms with E-state index in [-0.39, 0.29) is 5.97 Å². The van der Waals surface area contributed by atoms with Crippen LogP contribution in [0.1, 0.15) is 267 Å². The molecule has 0 fully saturated rings. The third-order valence-electron chi connectivity index (χ3n) is 19.4. The summed E-state index contributed by atoms with van der Waals surface area (Å²) in [5, 5.41) is 10.4. The molecule has 2 heteroatoms. The van der Waals surface area contributed by atoms with Gasteiger partial charge in [0.05, 0.1) is 12.2 Å². The van der Waals surface area contributed by atoms with E-state index >= 15 is 0 Å². The molecular formula is C95H100O2. The van der Waals surface area contributed by atoms with E-state index < -0.39 is 0 Å². The smallest absolute Gasteiger partial charge is 0.338 e. The molecule has 0 aliphatic heterocycles. The molecule has 0 aromatic heterocycles. The number of carbonyl (C=O) groups excluding carboxylic acids is 1. The lowest BCUT2D eigenvalue weighted by Crippen LogP contribution is -2.15. The van der Waals surface area contributed by atoms with Gasteiger partial charge in [0.15, 0.2) is 0 Å². The zero-order valence-corrected chi connectivity index (χ0v) is 58.4. The molecule has 0 spiro atoms. The van der Waals surface area contributed by atoms with Crippen molar-refractivity contribution in [3.05, 3.63) is 238 Å². The standard InChI is InChI=1S/C95H100O2/c1-4-7-10-13-16-19-21-24-27-30-43-74(42-29-26-23-18-15-12-9-6-3)73-97-95(96)94-72-71-83(92-53-40-41-54-93(92)94)70-69-82-68-67-81(90-51-38-39-52-91(82)90)66-65-80-64-63-79(88-49-36-37-50-89(80)88)62-61-78-60-59-77(86-47-34-35-48-87(78)86)58-57-76-56-55-75(84-45-32-33-46-85(76)84)44-31-28-25-22-20-17-14-11-8-5-2/h32-41,45-56,59-60,63-64,67-68,71-72,74H,4-30,42-43,73H2,1-3H3. The summed E-state index contributed by atoms with van der Waals surface area (Å²) >= 11 is 0. The molecule has 0 heterocycles. The third kappa shape index (κ3) is 20.6. The van der Waals surface area contributed by atoms with E-state index in [0.717, 1.165) is 130 Å². The van der Waals surface area contributed by atoms with Crippen molar-refractivity contribution in [3.8, 4) is 59.2 Å². The highest BCUT2D eigenvalue weighted by atomic mass is 16.5. The van der Waals surface area contributed by atoms with Crippen molar-refractivity contribution in [2.24, 2.45) is 5.92 Å². The lowest BCUT2D eigenvalue weighted by molar-refractivity contribution is 0.0424. The average Bonchev–Trinajstić information content (AvgIpc) is 0.904. The first-order valence-electron chi connectivity index (χ1n) is 37.3. The minimum atomic E-state index is -0.244. The molecule has 0 bridgehead atoms. The number of hydrogen-bond donors (Lipinski definition) is 0. The monoisotopic (exact) mass is 1270 g/mol. The van der Waals surface area contributed by atoms with Crippen LogP contribution in [0.5, 0.6) is 0 Å². The molecular weight excluding hydrogens is 1170 g/mol. The maximum absolute atomic E-state index is 14.1. The predicted molar refractivity (Wildman–Crippen MR) is 415 cm³/mol. The normalized spacial score (nSPS) is 11.2. The molecule has 0 aliphatic rings. The molecule has 0 radical (unpaired) electrons. The largest absolute Gasteiger partial charge is 0.462 e. The molecule has 0 saturated carbocycles. The van der Waals surface area contributed by atoms with Crippen molar-refractivity contribution >= 4 is 59.8 Å². The van der Waals surface area contributed by atoms with Crippen molar-refractivity contribution in [1.29, 1.82) is 0 Å². The van der Waals surface area contributed by atoms with Crippen molar-refractivity contribution in [2.75, 3.05) is 6.61 Å². The van der Waals surface area contributed by atoms with Crippen molar-refractivity contribution in [2.45, 2.75) is 207 Å². The van der Waals surface area contributed by atoms with Crippen molar-refractivity contribution in [3.63, 3.8) is 0 Å². The molecule has 0 saturated heterocycles. The van der Waals surface area contributed by atoms with Crippen LogP contribution < -0.4 is 0 Å². The molecule has 10 aromatic rings. The van der Waals surface area contributed by atoms with E-state index in [4.69, 9.17) is 4.74 Å². The highest BCUT2D eigenvalue weighted by molar-refractivity contribution is 6.06. The van der Waals surface area contributed by atoms with Crippen molar-refractivity contribution < 1.29 is 9.53 Å². The number of carbonyl (C=O) groups is 1. The minimum Gasteiger partial charge on any atom is -0.462 e. The van der Waals surface area contributed by atoms with Gasteiger partial charge in [0.2, 0.25) is 0 Å². The van der Waals surface area contributed by atoms with E-state index in [0.29, 0.717) is 18.1 Å². The highest BCUT2D eigenvalue weighted by Crippen LogP contribution is 2.30. The maximum Gasteiger partial charge on any atom is 0.338 e. The van der Waals surface area contributed by atoms with E-state index in [1.54, 1.807) is 0 Å². The van der Waals surface area contributed by atoms with Crippen LogP contribution in [-0.4, -0.2) is 12.6 Å². The second-order valence-corrected chi connectivity index (χ2v) is 26.8. The second-order valence-electron chi connectivity index (χ2n) is 26.8. The first-order valence-corrected chi connectivity index (χ1v) is 37.3. The van der Waals surface area contributed by atoms with Gasteiger partial charge in [-0.05, 0) is 140 Å². The minimum absolute atomic E-state index is 0.244. The van der Waals surface area contributed by atoms with Gasteiger partial charge in [0.1, 0.15) is 0 Å². The number of unbranched alkanes of at least 4 members (excludes halogenated alkanes) is 24. The summed E-state index contributed by atoms with van der Waals surface area (Å²) < 4.78 is 6.25. The Morgan fingerprint density at radius 3 is 0.784 bits per heavy atom. The van der Waals surface area contributed by atoms with Crippen LogP contribution in [0.4, 0.5) is 0 Å². The van der Waals surface area contributed by atoms with Crippen molar-refractivity contribution in [1.82, 2.24) is 0 Å². The second kappa shape index (κ2) is 39.1. The summed E-state index contributed by atoms with van der Waals surface area (Å²) in [7, 11) is 0. The number of esters is 1. The van der Waals surface area contributed by atoms with Crippen LogP contribution in [0.2, 0.25) is 0 Å². The van der Waals surface area contributed by atoms with Gasteiger partial charge in [-0.15, -0.1) is 0 Å². The Balaban J connectivity index is 0.808. The third-order valence-corrected chi connectivity index (χ3v) is 19.4. The summed E-state index contributed by atoms with van der Waals surface area (Å²) in [6.45, 7) is 7.32. The molecule has 0 aliphatic carbocycles. The summed E-state index contributed by atoms with van der Waals surface area (Å²) in [4.78, 5) is 14.1. The summed E-state index contributed by atoms with van der Waals surface area (Å²) in [6.07, 6.45) is 37.4. The number of rotatable bonds is 31. The van der Waals surface area contributed by atoms with Crippen LogP contribution in [-0.2, 0) is 4.74 Å². The number of benzene rings is 10. The van der Waals surface area contributed by atoms with Gasteiger partial charge in [0.25, 0.3) is 0 Å². The lowest BCUT2D eigenvalue weighted by atomic mass is 9.94. The van der Waals surface area contributed by atoms with Gasteiger partial charge < -0.3 is 4.74 Å². The van der Waals surface area contributed by atoms with E-state index in [2.05, 4.69) is 232 Å². The summed E-state index contributed by atoms with van der Waals surface area (Å²) in [6, 6.07) is 62.7. The predicted octanol–water partition coefficient (Wildman–Crippen LogP) is 25.5.